The number of hydrogen-bond donors (Lipinski definition) is 0. The summed E-state index contributed by atoms with van der Waals surface area (Å²) in [5, 5.41) is 9.74. The van der Waals surface area contributed by atoms with Crippen molar-refractivity contribution in [3.05, 3.63) is 52.8 Å². The molecular formula is C18H16ClNO3. The van der Waals surface area contributed by atoms with Crippen molar-refractivity contribution >= 4 is 23.6 Å². The second kappa shape index (κ2) is 7.66. The maximum Gasteiger partial charge on any atom is 0.349 e. The van der Waals surface area contributed by atoms with Crippen LogP contribution in [0.25, 0.3) is 17.4 Å². The number of rotatable bonds is 5. The largest absolute Gasteiger partial charge is 0.461 e. The summed E-state index contributed by atoms with van der Waals surface area (Å²) in [6.45, 7) is 4.12. The van der Waals surface area contributed by atoms with Gasteiger partial charge in [0.25, 0.3) is 0 Å². The van der Waals surface area contributed by atoms with E-state index in [1.807, 2.05) is 32.0 Å². The molecule has 2 rings (SSSR count). The Morgan fingerprint density at radius 2 is 2.00 bits per heavy atom. The summed E-state index contributed by atoms with van der Waals surface area (Å²) in [6, 6.07) is 12.5. The Kier molecular flexibility index (Phi) is 5.61. The van der Waals surface area contributed by atoms with Crippen LogP contribution in [-0.4, -0.2) is 12.6 Å². The van der Waals surface area contributed by atoms with E-state index in [0.717, 1.165) is 5.56 Å². The van der Waals surface area contributed by atoms with Crippen LogP contribution in [0.1, 0.15) is 19.6 Å². The lowest BCUT2D eigenvalue weighted by Gasteiger charge is -2.05. The highest BCUT2D eigenvalue weighted by molar-refractivity contribution is 6.30. The third kappa shape index (κ3) is 4.73. The summed E-state index contributed by atoms with van der Waals surface area (Å²) in [5.41, 5.74) is 0.762. The molecular weight excluding hydrogens is 314 g/mol. The molecule has 0 saturated heterocycles. The zero-order valence-corrected chi connectivity index (χ0v) is 13.6. The molecule has 0 bridgehead atoms. The van der Waals surface area contributed by atoms with Crippen molar-refractivity contribution in [1.29, 1.82) is 5.26 Å². The van der Waals surface area contributed by atoms with Gasteiger partial charge in [-0.3, -0.25) is 0 Å². The first-order chi connectivity index (χ1) is 11.0. The third-order valence-electron chi connectivity index (χ3n) is 2.93. The average molecular weight is 330 g/mol. The van der Waals surface area contributed by atoms with Gasteiger partial charge in [-0.2, -0.15) is 5.26 Å². The number of esters is 1. The predicted molar refractivity (Wildman–Crippen MR) is 88.5 cm³/mol. The van der Waals surface area contributed by atoms with Crippen molar-refractivity contribution in [2.45, 2.75) is 13.8 Å². The van der Waals surface area contributed by atoms with Crippen molar-refractivity contribution in [2.75, 3.05) is 6.61 Å². The van der Waals surface area contributed by atoms with Crippen molar-refractivity contribution in [3.8, 4) is 17.4 Å². The molecule has 0 aliphatic rings. The molecule has 0 amide bonds. The van der Waals surface area contributed by atoms with Crippen molar-refractivity contribution < 1.29 is 13.9 Å². The third-order valence-corrected chi connectivity index (χ3v) is 3.18. The number of carbonyl (C=O) groups excluding carboxylic acids is 1. The molecule has 23 heavy (non-hydrogen) atoms. The van der Waals surface area contributed by atoms with E-state index >= 15 is 0 Å². The lowest BCUT2D eigenvalue weighted by Crippen LogP contribution is -2.11. The lowest BCUT2D eigenvalue weighted by molar-refractivity contribution is -0.139. The van der Waals surface area contributed by atoms with Crippen LogP contribution in [0.3, 0.4) is 0 Å². The molecule has 0 fully saturated rings. The smallest absolute Gasteiger partial charge is 0.349 e. The van der Waals surface area contributed by atoms with E-state index in [1.165, 1.54) is 6.08 Å². The Bertz CT molecular complexity index is 751. The van der Waals surface area contributed by atoms with Crippen LogP contribution in [0.15, 0.2) is 46.4 Å². The highest BCUT2D eigenvalue weighted by atomic mass is 35.5. The normalized spacial score (nSPS) is 11.3. The molecule has 0 aliphatic carbocycles. The first kappa shape index (κ1) is 16.9. The van der Waals surface area contributed by atoms with Crippen LogP contribution in [0, 0.1) is 17.2 Å². The van der Waals surface area contributed by atoms with Crippen molar-refractivity contribution in [2.24, 2.45) is 5.92 Å². The fraction of sp³-hybridized carbons (Fsp3) is 0.222. The fourth-order valence-electron chi connectivity index (χ4n) is 1.80. The van der Waals surface area contributed by atoms with Gasteiger partial charge in [-0.05, 0) is 42.3 Å². The first-order valence-corrected chi connectivity index (χ1v) is 7.52. The van der Waals surface area contributed by atoms with E-state index in [4.69, 9.17) is 26.0 Å². The molecule has 1 aromatic carbocycles. The number of furan rings is 1. The molecule has 0 aliphatic heterocycles. The standard InChI is InChI=1S/C18H16ClNO3/c1-12(2)11-22-18(21)14(10-20)9-16-7-8-17(23-16)13-3-5-15(19)6-4-13/h3-9,12H,11H2,1-2H3/b14-9+. The average Bonchev–Trinajstić information content (AvgIpc) is 2.99. The van der Waals surface area contributed by atoms with Gasteiger partial charge in [0.05, 0.1) is 6.61 Å². The topological polar surface area (TPSA) is 63.2 Å². The number of benzene rings is 1. The van der Waals surface area contributed by atoms with E-state index in [2.05, 4.69) is 0 Å². The molecule has 0 unspecified atom stereocenters. The van der Waals surface area contributed by atoms with Gasteiger partial charge in [-0.25, -0.2) is 4.79 Å². The monoisotopic (exact) mass is 329 g/mol. The van der Waals surface area contributed by atoms with Gasteiger partial charge < -0.3 is 9.15 Å². The number of nitriles is 1. The molecule has 1 heterocycles. The summed E-state index contributed by atoms with van der Waals surface area (Å²) < 4.78 is 10.7. The zero-order valence-electron chi connectivity index (χ0n) is 12.9. The molecule has 5 heteroatoms. The maximum atomic E-state index is 11.8. The van der Waals surface area contributed by atoms with Gasteiger partial charge in [0, 0.05) is 16.7 Å². The number of nitrogens with zero attached hydrogens (tertiary/aromatic N) is 1. The maximum absolute atomic E-state index is 11.8. The second-order valence-electron chi connectivity index (χ2n) is 5.37. The zero-order chi connectivity index (χ0) is 16.8. The molecule has 1 aromatic heterocycles. The Hall–Kier alpha value is -2.51. The fourth-order valence-corrected chi connectivity index (χ4v) is 1.92. The number of hydrogen-bond acceptors (Lipinski definition) is 4. The van der Waals surface area contributed by atoms with Crippen molar-refractivity contribution in [1.82, 2.24) is 0 Å². The van der Waals surface area contributed by atoms with Crippen LogP contribution in [0.2, 0.25) is 5.02 Å². The van der Waals surface area contributed by atoms with E-state index in [-0.39, 0.29) is 18.1 Å². The van der Waals surface area contributed by atoms with Gasteiger partial charge in [-0.15, -0.1) is 0 Å². The molecule has 4 nitrogen and oxygen atoms in total. The Balaban J connectivity index is 2.17. The van der Waals surface area contributed by atoms with Crippen LogP contribution >= 0.6 is 11.6 Å². The number of halogens is 1. The lowest BCUT2D eigenvalue weighted by atomic mass is 10.2. The minimum Gasteiger partial charge on any atom is -0.461 e. The predicted octanol–water partition coefficient (Wildman–Crippen LogP) is 4.71. The van der Waals surface area contributed by atoms with E-state index in [1.54, 1.807) is 24.3 Å². The summed E-state index contributed by atoms with van der Waals surface area (Å²) in [7, 11) is 0. The van der Waals surface area contributed by atoms with E-state index < -0.39 is 5.97 Å². The van der Waals surface area contributed by atoms with Gasteiger partial charge in [0.15, 0.2) is 0 Å². The van der Waals surface area contributed by atoms with Gasteiger partial charge in [0.1, 0.15) is 23.2 Å². The molecule has 0 spiro atoms. The Labute approximate surface area is 139 Å². The van der Waals surface area contributed by atoms with E-state index in [0.29, 0.717) is 16.5 Å². The van der Waals surface area contributed by atoms with Crippen LogP contribution in [0.4, 0.5) is 0 Å². The second-order valence-corrected chi connectivity index (χ2v) is 5.81. The highest BCUT2D eigenvalue weighted by Crippen LogP contribution is 2.24. The molecule has 0 N–H and O–H groups in total. The summed E-state index contributed by atoms with van der Waals surface area (Å²) in [6.07, 6.45) is 1.38. The number of carbonyl (C=O) groups is 1. The minimum atomic E-state index is -0.648. The van der Waals surface area contributed by atoms with Crippen LogP contribution in [-0.2, 0) is 9.53 Å². The van der Waals surface area contributed by atoms with Crippen molar-refractivity contribution in [3.63, 3.8) is 0 Å². The summed E-state index contributed by atoms with van der Waals surface area (Å²) in [4.78, 5) is 11.8. The molecule has 0 atom stereocenters. The molecule has 0 radical (unpaired) electrons. The van der Waals surface area contributed by atoms with E-state index in [9.17, 15) is 4.79 Å². The highest BCUT2D eigenvalue weighted by Gasteiger charge is 2.13. The molecule has 2 aromatic rings. The molecule has 0 saturated carbocycles. The van der Waals surface area contributed by atoms with Crippen LogP contribution in [0.5, 0.6) is 0 Å². The Morgan fingerprint density at radius 3 is 2.61 bits per heavy atom. The summed E-state index contributed by atoms with van der Waals surface area (Å²) >= 11 is 5.85. The SMILES string of the molecule is CC(C)COC(=O)/C(C#N)=C/c1ccc(-c2ccc(Cl)cc2)o1. The van der Waals surface area contributed by atoms with Gasteiger partial charge in [-0.1, -0.05) is 25.4 Å². The van der Waals surface area contributed by atoms with Crippen LogP contribution < -0.4 is 0 Å². The first-order valence-electron chi connectivity index (χ1n) is 7.14. The number of ether oxygens (including phenoxy) is 1. The summed E-state index contributed by atoms with van der Waals surface area (Å²) in [5.74, 6) is 0.596. The van der Waals surface area contributed by atoms with Gasteiger partial charge in [0.2, 0.25) is 0 Å². The molecule has 118 valence electrons. The minimum absolute atomic E-state index is 0.0948. The van der Waals surface area contributed by atoms with Gasteiger partial charge >= 0.3 is 5.97 Å². The quantitative estimate of drug-likeness (QED) is 0.453. The Morgan fingerprint density at radius 1 is 1.30 bits per heavy atom.